The average molecular weight is 315 g/mol. The van der Waals surface area contributed by atoms with Gasteiger partial charge in [0.2, 0.25) is 11.1 Å². The fourth-order valence-corrected chi connectivity index (χ4v) is 2.49. The Bertz CT molecular complexity index is 519. The SMILES string of the molecule is Cc1nc(Cl)nc(NCCN2CCN(C)CC2)c1[N+](=O)[O-]. The lowest BCUT2D eigenvalue weighted by atomic mass is 10.3. The number of aromatic nitrogens is 2. The Morgan fingerprint density at radius 2 is 2.00 bits per heavy atom. The van der Waals surface area contributed by atoms with E-state index in [1.807, 2.05) is 0 Å². The molecule has 1 fully saturated rings. The van der Waals surface area contributed by atoms with Crippen molar-refractivity contribution < 1.29 is 4.92 Å². The zero-order valence-electron chi connectivity index (χ0n) is 12.2. The molecule has 21 heavy (non-hydrogen) atoms. The maximum Gasteiger partial charge on any atom is 0.332 e. The highest BCUT2D eigenvalue weighted by molar-refractivity contribution is 6.28. The third-order valence-corrected chi connectivity index (χ3v) is 3.70. The van der Waals surface area contributed by atoms with Gasteiger partial charge < -0.3 is 10.2 Å². The maximum absolute atomic E-state index is 11.1. The largest absolute Gasteiger partial charge is 0.363 e. The first-order valence-electron chi connectivity index (χ1n) is 6.80. The topological polar surface area (TPSA) is 87.4 Å². The number of nitrogens with one attached hydrogen (secondary N) is 1. The number of rotatable bonds is 5. The molecule has 1 saturated heterocycles. The quantitative estimate of drug-likeness (QED) is 0.493. The lowest BCUT2D eigenvalue weighted by Gasteiger charge is -2.32. The van der Waals surface area contributed by atoms with Crippen LogP contribution in [0.25, 0.3) is 0 Å². The molecule has 0 spiro atoms. The van der Waals surface area contributed by atoms with Crippen LogP contribution in [0.15, 0.2) is 0 Å². The second kappa shape index (κ2) is 6.97. The highest BCUT2D eigenvalue weighted by atomic mass is 35.5. The van der Waals surface area contributed by atoms with Crippen LogP contribution in [-0.2, 0) is 0 Å². The minimum Gasteiger partial charge on any atom is -0.363 e. The van der Waals surface area contributed by atoms with Gasteiger partial charge in [-0.3, -0.25) is 15.0 Å². The van der Waals surface area contributed by atoms with Crippen molar-refractivity contribution in [2.24, 2.45) is 0 Å². The summed E-state index contributed by atoms with van der Waals surface area (Å²) in [5, 5.41) is 14.1. The highest BCUT2D eigenvalue weighted by Crippen LogP contribution is 2.26. The summed E-state index contributed by atoms with van der Waals surface area (Å²) in [6.45, 7) is 7.03. The van der Waals surface area contributed by atoms with Gasteiger partial charge in [-0.05, 0) is 25.6 Å². The molecule has 0 bridgehead atoms. The van der Waals surface area contributed by atoms with Crippen molar-refractivity contribution in [2.45, 2.75) is 6.92 Å². The van der Waals surface area contributed by atoms with Gasteiger partial charge in [0.25, 0.3) is 0 Å². The Morgan fingerprint density at radius 1 is 1.33 bits per heavy atom. The number of likely N-dealkylation sites (N-methyl/N-ethyl adjacent to an activating group) is 1. The van der Waals surface area contributed by atoms with Gasteiger partial charge in [-0.25, -0.2) is 4.98 Å². The molecule has 0 aromatic carbocycles. The summed E-state index contributed by atoms with van der Waals surface area (Å²) in [5.74, 6) is 0.187. The first kappa shape index (κ1) is 15.9. The van der Waals surface area contributed by atoms with Gasteiger partial charge in [-0.1, -0.05) is 0 Å². The number of halogens is 1. The third kappa shape index (κ3) is 4.23. The molecule has 1 aliphatic rings. The van der Waals surface area contributed by atoms with Crippen molar-refractivity contribution in [2.75, 3.05) is 51.6 Å². The van der Waals surface area contributed by atoms with Crippen molar-refractivity contribution in [3.63, 3.8) is 0 Å². The summed E-state index contributed by atoms with van der Waals surface area (Å²) in [6, 6.07) is 0. The lowest BCUT2D eigenvalue weighted by molar-refractivity contribution is -0.385. The zero-order chi connectivity index (χ0) is 15.4. The Balaban J connectivity index is 1.95. The molecule has 0 saturated carbocycles. The van der Waals surface area contributed by atoms with Gasteiger partial charge in [0.15, 0.2) is 0 Å². The minimum absolute atomic E-state index is 0.0141. The van der Waals surface area contributed by atoms with E-state index in [0.717, 1.165) is 32.7 Å². The Morgan fingerprint density at radius 3 is 2.62 bits per heavy atom. The van der Waals surface area contributed by atoms with E-state index in [2.05, 4.69) is 32.1 Å². The first-order valence-corrected chi connectivity index (χ1v) is 7.18. The van der Waals surface area contributed by atoms with Gasteiger partial charge >= 0.3 is 5.69 Å². The fourth-order valence-electron chi connectivity index (χ4n) is 2.28. The van der Waals surface area contributed by atoms with Crippen molar-refractivity contribution >= 4 is 23.1 Å². The summed E-state index contributed by atoms with van der Waals surface area (Å²) in [6.07, 6.45) is 0. The second-order valence-corrected chi connectivity index (χ2v) is 5.44. The number of hydrogen-bond acceptors (Lipinski definition) is 7. The summed E-state index contributed by atoms with van der Waals surface area (Å²) in [4.78, 5) is 22.9. The molecular formula is C12H19ClN6O2. The molecule has 9 heteroatoms. The molecule has 2 heterocycles. The Kier molecular flexibility index (Phi) is 5.27. The predicted molar refractivity (Wildman–Crippen MR) is 80.9 cm³/mol. The standard InChI is InChI=1S/C12H19ClN6O2/c1-9-10(19(20)21)11(16-12(13)15-9)14-3-4-18-7-5-17(2)6-8-18/h3-8H2,1-2H3,(H,14,15,16). The maximum atomic E-state index is 11.1. The van der Waals surface area contributed by atoms with Crippen LogP contribution in [0.5, 0.6) is 0 Å². The normalized spacial score (nSPS) is 16.9. The molecule has 0 radical (unpaired) electrons. The first-order chi connectivity index (χ1) is 9.97. The predicted octanol–water partition coefficient (Wildman–Crippen LogP) is 1.01. The van der Waals surface area contributed by atoms with Gasteiger partial charge in [0.1, 0.15) is 5.69 Å². The van der Waals surface area contributed by atoms with Crippen molar-refractivity contribution in [1.29, 1.82) is 0 Å². The number of anilines is 1. The number of hydrogen-bond donors (Lipinski definition) is 1. The molecule has 1 N–H and O–H groups in total. The molecule has 2 rings (SSSR count). The van der Waals surface area contributed by atoms with Gasteiger partial charge in [-0.15, -0.1) is 0 Å². The molecule has 1 aliphatic heterocycles. The Hall–Kier alpha value is -1.51. The van der Waals surface area contributed by atoms with E-state index in [9.17, 15) is 10.1 Å². The second-order valence-electron chi connectivity index (χ2n) is 5.10. The summed E-state index contributed by atoms with van der Waals surface area (Å²) < 4.78 is 0. The number of nitro groups is 1. The molecule has 0 amide bonds. The van der Waals surface area contributed by atoms with Crippen molar-refractivity contribution in [3.05, 3.63) is 21.1 Å². The van der Waals surface area contributed by atoms with Crippen LogP contribution in [0.4, 0.5) is 11.5 Å². The van der Waals surface area contributed by atoms with E-state index in [1.54, 1.807) is 6.92 Å². The van der Waals surface area contributed by atoms with Crippen LogP contribution in [0.2, 0.25) is 5.28 Å². The average Bonchev–Trinajstić information content (AvgIpc) is 2.39. The van der Waals surface area contributed by atoms with E-state index < -0.39 is 4.92 Å². The Labute approximate surface area is 128 Å². The summed E-state index contributed by atoms with van der Waals surface area (Å²) in [5.41, 5.74) is 0.153. The molecule has 1 aromatic heterocycles. The molecule has 8 nitrogen and oxygen atoms in total. The third-order valence-electron chi connectivity index (χ3n) is 3.53. The monoisotopic (exact) mass is 314 g/mol. The molecular weight excluding hydrogens is 296 g/mol. The number of aryl methyl sites for hydroxylation is 1. The number of nitrogens with zero attached hydrogens (tertiary/aromatic N) is 5. The van der Waals surface area contributed by atoms with E-state index in [4.69, 9.17) is 11.6 Å². The minimum atomic E-state index is -0.482. The molecule has 0 unspecified atom stereocenters. The number of piperazine rings is 1. The molecule has 0 atom stereocenters. The lowest BCUT2D eigenvalue weighted by Crippen LogP contribution is -2.45. The van der Waals surface area contributed by atoms with Gasteiger partial charge in [0.05, 0.1) is 4.92 Å². The summed E-state index contributed by atoms with van der Waals surface area (Å²) in [7, 11) is 2.10. The van der Waals surface area contributed by atoms with Gasteiger partial charge in [0, 0.05) is 39.3 Å². The van der Waals surface area contributed by atoms with Crippen LogP contribution >= 0.6 is 11.6 Å². The van der Waals surface area contributed by atoms with Crippen LogP contribution in [0.1, 0.15) is 5.69 Å². The smallest absolute Gasteiger partial charge is 0.332 e. The van der Waals surface area contributed by atoms with Crippen LogP contribution in [-0.4, -0.2) is 71.0 Å². The van der Waals surface area contributed by atoms with Crippen molar-refractivity contribution in [3.8, 4) is 0 Å². The molecule has 0 aliphatic carbocycles. The highest BCUT2D eigenvalue weighted by Gasteiger charge is 2.21. The molecule has 116 valence electrons. The van der Waals surface area contributed by atoms with Crippen LogP contribution in [0.3, 0.4) is 0 Å². The van der Waals surface area contributed by atoms with E-state index >= 15 is 0 Å². The van der Waals surface area contributed by atoms with Crippen molar-refractivity contribution in [1.82, 2.24) is 19.8 Å². The van der Waals surface area contributed by atoms with Gasteiger partial charge in [-0.2, -0.15) is 4.98 Å². The van der Waals surface area contributed by atoms with E-state index in [-0.39, 0.29) is 22.5 Å². The van der Waals surface area contributed by atoms with Crippen LogP contribution in [0, 0.1) is 17.0 Å². The van der Waals surface area contributed by atoms with Crippen LogP contribution < -0.4 is 5.32 Å². The van der Waals surface area contributed by atoms with E-state index in [1.165, 1.54) is 0 Å². The van der Waals surface area contributed by atoms with E-state index in [0.29, 0.717) is 6.54 Å². The summed E-state index contributed by atoms with van der Waals surface area (Å²) >= 11 is 5.77. The molecule has 1 aromatic rings. The fraction of sp³-hybridized carbons (Fsp3) is 0.667. The zero-order valence-corrected chi connectivity index (χ0v) is 12.9.